The van der Waals surface area contributed by atoms with E-state index in [1.54, 1.807) is 17.7 Å². The largest absolute Gasteiger partial charge is 0.381 e. The minimum Gasteiger partial charge on any atom is -0.381 e. The maximum Gasteiger partial charge on any atom is 0.153 e. The third-order valence-electron chi connectivity index (χ3n) is 4.34. The third-order valence-corrected chi connectivity index (χ3v) is 5.35. The first-order chi connectivity index (χ1) is 11.8. The molecule has 1 aliphatic heterocycles. The van der Waals surface area contributed by atoms with Gasteiger partial charge >= 0.3 is 0 Å². The number of nitrogens with zero attached hydrogens (tertiary/aromatic N) is 4. The molecule has 126 valence electrons. The predicted molar refractivity (Wildman–Crippen MR) is 93.5 cm³/mol. The Morgan fingerprint density at radius 3 is 3.08 bits per heavy atom. The van der Waals surface area contributed by atoms with Gasteiger partial charge in [0.15, 0.2) is 5.82 Å². The molecule has 1 fully saturated rings. The van der Waals surface area contributed by atoms with Gasteiger partial charge in [-0.3, -0.25) is 5.10 Å². The second kappa shape index (κ2) is 6.82. The normalized spacial score (nSPS) is 15.9. The van der Waals surface area contributed by atoms with Crippen LogP contribution in [-0.4, -0.2) is 44.9 Å². The van der Waals surface area contributed by atoms with E-state index in [0.29, 0.717) is 5.92 Å². The molecule has 0 saturated carbocycles. The van der Waals surface area contributed by atoms with E-state index < -0.39 is 0 Å². The molecule has 4 heterocycles. The van der Waals surface area contributed by atoms with E-state index in [1.165, 1.54) is 5.56 Å². The molecule has 24 heavy (non-hydrogen) atoms. The number of aromatic amines is 1. The van der Waals surface area contributed by atoms with Crippen molar-refractivity contribution in [2.75, 3.05) is 25.1 Å². The zero-order valence-electron chi connectivity index (χ0n) is 13.6. The first-order valence-corrected chi connectivity index (χ1v) is 9.11. The number of H-pyrrole nitrogens is 1. The van der Waals surface area contributed by atoms with Crippen LogP contribution in [0.3, 0.4) is 0 Å². The van der Waals surface area contributed by atoms with Crippen molar-refractivity contribution >= 4 is 27.4 Å². The lowest BCUT2D eigenvalue weighted by Crippen LogP contribution is -2.15. The van der Waals surface area contributed by atoms with Crippen LogP contribution in [0.25, 0.3) is 10.2 Å². The van der Waals surface area contributed by atoms with E-state index in [0.717, 1.165) is 66.7 Å². The lowest BCUT2D eigenvalue weighted by Gasteiger charge is -2.18. The Hall–Kier alpha value is -2.06. The molecule has 1 aliphatic rings. The molecule has 2 N–H and O–H groups in total. The maximum absolute atomic E-state index is 5.39. The van der Waals surface area contributed by atoms with Gasteiger partial charge < -0.3 is 10.1 Å². The fourth-order valence-electron chi connectivity index (χ4n) is 3.01. The third kappa shape index (κ3) is 3.11. The average Bonchev–Trinajstić information content (AvgIpc) is 3.24. The van der Waals surface area contributed by atoms with Gasteiger partial charge in [0.05, 0.1) is 5.39 Å². The molecule has 7 nitrogen and oxygen atoms in total. The zero-order valence-corrected chi connectivity index (χ0v) is 14.4. The van der Waals surface area contributed by atoms with E-state index >= 15 is 0 Å². The summed E-state index contributed by atoms with van der Waals surface area (Å²) in [6.45, 7) is 4.45. The Balaban J connectivity index is 1.38. The van der Waals surface area contributed by atoms with Gasteiger partial charge in [0.25, 0.3) is 0 Å². The number of anilines is 1. The van der Waals surface area contributed by atoms with Crippen molar-refractivity contribution in [2.24, 2.45) is 0 Å². The molecule has 0 spiro atoms. The predicted octanol–water partition coefficient (Wildman–Crippen LogP) is 2.67. The number of rotatable bonds is 5. The number of nitrogens with one attached hydrogen (secondary N) is 2. The average molecular weight is 344 g/mol. The van der Waals surface area contributed by atoms with Crippen LogP contribution >= 0.6 is 11.3 Å². The number of ether oxygens (including phenoxy) is 1. The van der Waals surface area contributed by atoms with Crippen LogP contribution < -0.4 is 5.32 Å². The number of hydrogen-bond donors (Lipinski definition) is 2. The van der Waals surface area contributed by atoms with Gasteiger partial charge in [0.2, 0.25) is 0 Å². The summed E-state index contributed by atoms with van der Waals surface area (Å²) in [5.41, 5.74) is 1.21. The van der Waals surface area contributed by atoms with E-state index in [1.807, 2.05) is 0 Å². The van der Waals surface area contributed by atoms with E-state index in [2.05, 4.69) is 42.8 Å². The Kier molecular flexibility index (Phi) is 4.40. The smallest absolute Gasteiger partial charge is 0.153 e. The van der Waals surface area contributed by atoms with Crippen LogP contribution in [0.2, 0.25) is 0 Å². The maximum atomic E-state index is 5.39. The molecule has 3 aromatic rings. The highest BCUT2D eigenvalue weighted by atomic mass is 32.1. The fraction of sp³-hybridized carbons (Fsp3) is 0.500. The van der Waals surface area contributed by atoms with E-state index in [4.69, 9.17) is 4.74 Å². The Labute approximate surface area is 143 Å². The van der Waals surface area contributed by atoms with Crippen molar-refractivity contribution in [1.29, 1.82) is 0 Å². The Bertz CT molecular complexity index is 823. The van der Waals surface area contributed by atoms with Crippen molar-refractivity contribution in [3.63, 3.8) is 0 Å². The first-order valence-electron chi connectivity index (χ1n) is 8.23. The molecule has 0 aromatic carbocycles. The second-order valence-electron chi connectivity index (χ2n) is 6.02. The topological polar surface area (TPSA) is 88.6 Å². The quantitative estimate of drug-likeness (QED) is 0.740. The van der Waals surface area contributed by atoms with Crippen LogP contribution in [0.1, 0.15) is 36.0 Å². The zero-order chi connectivity index (χ0) is 16.4. The fourth-order valence-corrected chi connectivity index (χ4v) is 3.90. The molecule has 0 aliphatic carbocycles. The van der Waals surface area contributed by atoms with Crippen molar-refractivity contribution in [1.82, 2.24) is 25.1 Å². The van der Waals surface area contributed by atoms with Crippen LogP contribution in [-0.2, 0) is 11.2 Å². The number of thiophene rings is 1. The second-order valence-corrected chi connectivity index (χ2v) is 6.88. The Morgan fingerprint density at radius 1 is 1.33 bits per heavy atom. The van der Waals surface area contributed by atoms with Gasteiger partial charge in [0, 0.05) is 32.1 Å². The number of aromatic nitrogens is 5. The van der Waals surface area contributed by atoms with E-state index in [-0.39, 0.29) is 0 Å². The van der Waals surface area contributed by atoms with Gasteiger partial charge in [-0.15, -0.1) is 11.3 Å². The number of aryl methyl sites for hydroxylation is 1. The summed E-state index contributed by atoms with van der Waals surface area (Å²) in [7, 11) is 0. The molecule has 0 unspecified atom stereocenters. The summed E-state index contributed by atoms with van der Waals surface area (Å²) >= 11 is 1.65. The summed E-state index contributed by atoms with van der Waals surface area (Å²) in [4.78, 5) is 14.3. The highest BCUT2D eigenvalue weighted by Crippen LogP contribution is 2.28. The lowest BCUT2D eigenvalue weighted by molar-refractivity contribution is 0.0836. The van der Waals surface area contributed by atoms with Crippen molar-refractivity contribution in [3.05, 3.63) is 28.9 Å². The van der Waals surface area contributed by atoms with Gasteiger partial charge in [-0.25, -0.2) is 15.0 Å². The van der Waals surface area contributed by atoms with Crippen molar-refractivity contribution in [3.8, 4) is 0 Å². The molecular weight excluding hydrogens is 324 g/mol. The molecule has 8 heteroatoms. The molecule has 0 bridgehead atoms. The molecule has 4 rings (SSSR count). The number of fused-ring (bicyclic) bond motifs is 1. The molecule has 0 atom stereocenters. The summed E-state index contributed by atoms with van der Waals surface area (Å²) in [6.07, 6.45) is 4.40. The minimum atomic E-state index is 0.423. The molecular formula is C16H20N6OS. The van der Waals surface area contributed by atoms with Gasteiger partial charge in [-0.1, -0.05) is 0 Å². The highest BCUT2D eigenvalue weighted by molar-refractivity contribution is 7.17. The SMILES string of the molecule is Cc1csc2ncnc(NCCc3nc(C4CCOCC4)n[nH]3)c12. The summed E-state index contributed by atoms with van der Waals surface area (Å²) in [5.74, 6) is 3.15. The van der Waals surface area contributed by atoms with Crippen LogP contribution in [0.4, 0.5) is 5.82 Å². The molecule has 3 aromatic heterocycles. The minimum absolute atomic E-state index is 0.423. The van der Waals surface area contributed by atoms with Gasteiger partial charge in [0.1, 0.15) is 22.8 Å². The highest BCUT2D eigenvalue weighted by Gasteiger charge is 2.20. The van der Waals surface area contributed by atoms with Gasteiger partial charge in [-0.2, -0.15) is 5.10 Å². The summed E-state index contributed by atoms with van der Waals surface area (Å²) < 4.78 is 5.39. The van der Waals surface area contributed by atoms with Gasteiger partial charge in [-0.05, 0) is 30.7 Å². The van der Waals surface area contributed by atoms with Crippen LogP contribution in [0, 0.1) is 6.92 Å². The van der Waals surface area contributed by atoms with Crippen LogP contribution in [0.15, 0.2) is 11.7 Å². The van der Waals surface area contributed by atoms with E-state index in [9.17, 15) is 0 Å². The number of hydrogen-bond acceptors (Lipinski definition) is 7. The molecule has 0 amide bonds. The lowest BCUT2D eigenvalue weighted by atomic mass is 10.00. The molecule has 1 saturated heterocycles. The standard InChI is InChI=1S/C16H20N6OS/c1-10-8-24-16-13(10)15(18-9-19-16)17-5-2-12-20-14(22-21-12)11-3-6-23-7-4-11/h8-9,11H,2-7H2,1H3,(H,17,18,19)(H,20,21,22). The molecule has 0 radical (unpaired) electrons. The summed E-state index contributed by atoms with van der Waals surface area (Å²) in [5, 5.41) is 14.1. The first kappa shape index (κ1) is 15.5. The van der Waals surface area contributed by atoms with Crippen molar-refractivity contribution < 1.29 is 4.74 Å². The summed E-state index contributed by atoms with van der Waals surface area (Å²) in [6, 6.07) is 0. The Morgan fingerprint density at radius 2 is 2.21 bits per heavy atom. The van der Waals surface area contributed by atoms with Crippen LogP contribution in [0.5, 0.6) is 0 Å². The monoisotopic (exact) mass is 344 g/mol. The van der Waals surface area contributed by atoms with Crippen molar-refractivity contribution in [2.45, 2.75) is 32.1 Å².